The van der Waals surface area contributed by atoms with Gasteiger partial charge in [-0.25, -0.2) is 13.1 Å². The highest BCUT2D eigenvalue weighted by Crippen LogP contribution is 2.28. The number of sulfone groups is 1. The van der Waals surface area contributed by atoms with Crippen molar-refractivity contribution < 1.29 is 17.9 Å². The monoisotopic (exact) mass is 476 g/mol. The van der Waals surface area contributed by atoms with Crippen molar-refractivity contribution in [3.63, 3.8) is 0 Å². The molecule has 3 aromatic rings. The van der Waals surface area contributed by atoms with Crippen molar-refractivity contribution in [2.24, 2.45) is 0 Å². The number of aromatic nitrogens is 4. The van der Waals surface area contributed by atoms with Crippen LogP contribution in [0.5, 0.6) is 0 Å². The van der Waals surface area contributed by atoms with Gasteiger partial charge in [-0.05, 0) is 42.7 Å². The summed E-state index contributed by atoms with van der Waals surface area (Å²) in [5.74, 6) is 0.888. The second kappa shape index (κ2) is 8.64. The Morgan fingerprint density at radius 3 is 2.71 bits per heavy atom. The van der Waals surface area contributed by atoms with Crippen LogP contribution in [0.15, 0.2) is 101 Å². The molecule has 2 aromatic heterocycles. The highest BCUT2D eigenvalue weighted by Gasteiger charge is 2.20. The van der Waals surface area contributed by atoms with Gasteiger partial charge in [-0.3, -0.25) is 4.79 Å². The van der Waals surface area contributed by atoms with Gasteiger partial charge in [0, 0.05) is 18.5 Å². The minimum atomic E-state index is -3.40. The van der Waals surface area contributed by atoms with Gasteiger partial charge in [0.1, 0.15) is 12.0 Å². The first-order valence-electron chi connectivity index (χ1n) is 10.5. The van der Waals surface area contributed by atoms with E-state index in [-0.39, 0.29) is 21.9 Å². The lowest BCUT2D eigenvalue weighted by Crippen LogP contribution is -2.16. The molecule has 0 amide bonds. The summed E-state index contributed by atoms with van der Waals surface area (Å²) in [4.78, 5) is 12.8. The smallest absolute Gasteiger partial charge is 0.256 e. The predicted molar refractivity (Wildman–Crippen MR) is 125 cm³/mol. The Kier molecular flexibility index (Phi) is 5.50. The molecule has 10 heteroatoms. The fourth-order valence-corrected chi connectivity index (χ4v) is 4.25. The summed E-state index contributed by atoms with van der Waals surface area (Å²) in [5.41, 5.74) is 1.70. The van der Waals surface area contributed by atoms with Crippen molar-refractivity contribution in [1.82, 2.24) is 19.6 Å². The molecule has 5 rings (SSSR count). The van der Waals surface area contributed by atoms with Crippen molar-refractivity contribution in [3.8, 4) is 17.1 Å². The van der Waals surface area contributed by atoms with Crippen LogP contribution in [0.25, 0.3) is 23.0 Å². The van der Waals surface area contributed by atoms with E-state index in [9.17, 15) is 13.2 Å². The number of allylic oxidation sites excluding steroid dienone is 4. The molecule has 3 heterocycles. The summed E-state index contributed by atoms with van der Waals surface area (Å²) < 4.78 is 38.3. The second-order valence-electron chi connectivity index (χ2n) is 7.70. The lowest BCUT2D eigenvalue weighted by atomic mass is 10.0. The van der Waals surface area contributed by atoms with Crippen LogP contribution in [0, 0.1) is 0 Å². The summed E-state index contributed by atoms with van der Waals surface area (Å²) in [5, 5.41) is 8.71. The van der Waals surface area contributed by atoms with Crippen LogP contribution in [0.1, 0.15) is 12.8 Å². The average molecular weight is 477 g/mol. The standard InChI is InChI=1S/C24H20N4O5S/c1-34(30,31)19-9-5-8-18(14-19)27-13-11-21(29)24(26-27)20-10-12-25-28(20)23-16-32-22(15-33-23)17-6-3-2-4-7-17/h2-3,5-6,8-16H,4,7H2,1H3. The minimum Gasteiger partial charge on any atom is -0.456 e. The molecule has 34 heavy (non-hydrogen) atoms. The molecule has 1 aliphatic heterocycles. The van der Waals surface area contributed by atoms with Gasteiger partial charge in [0.25, 0.3) is 5.88 Å². The molecule has 0 unspecified atom stereocenters. The normalized spacial score (nSPS) is 15.6. The molecule has 0 N–H and O–H groups in total. The van der Waals surface area contributed by atoms with Crippen LogP contribution < -0.4 is 5.43 Å². The van der Waals surface area contributed by atoms with Crippen molar-refractivity contribution in [2.45, 2.75) is 17.7 Å². The van der Waals surface area contributed by atoms with Gasteiger partial charge in [0.15, 0.2) is 27.6 Å². The summed E-state index contributed by atoms with van der Waals surface area (Å²) in [7, 11) is -3.40. The summed E-state index contributed by atoms with van der Waals surface area (Å²) >= 11 is 0. The Hall–Kier alpha value is -4.18. The third-order valence-corrected chi connectivity index (χ3v) is 6.43. The number of hydrogen-bond acceptors (Lipinski definition) is 7. The van der Waals surface area contributed by atoms with Crippen molar-refractivity contribution in [1.29, 1.82) is 0 Å². The van der Waals surface area contributed by atoms with E-state index >= 15 is 0 Å². The molecule has 0 atom stereocenters. The summed E-state index contributed by atoms with van der Waals surface area (Å²) in [6, 6.07) is 9.32. The molecule has 0 saturated carbocycles. The second-order valence-corrected chi connectivity index (χ2v) is 9.72. The van der Waals surface area contributed by atoms with Crippen molar-refractivity contribution >= 4 is 15.7 Å². The molecule has 9 nitrogen and oxygen atoms in total. The number of benzene rings is 1. The SMILES string of the molecule is CS(=O)(=O)c1cccc(-n2ccc(=O)c(-c3ccnn3C3=COC(C4=CC=CCC4)=CO3)n2)c1. The van der Waals surface area contributed by atoms with E-state index in [2.05, 4.69) is 16.3 Å². The largest absolute Gasteiger partial charge is 0.456 e. The predicted octanol–water partition coefficient (Wildman–Crippen LogP) is 3.42. The molecule has 0 radical (unpaired) electrons. The zero-order valence-electron chi connectivity index (χ0n) is 18.2. The van der Waals surface area contributed by atoms with E-state index in [0.717, 1.165) is 24.7 Å². The van der Waals surface area contributed by atoms with Gasteiger partial charge in [-0.2, -0.15) is 14.9 Å². The molecule has 0 saturated heterocycles. The minimum absolute atomic E-state index is 0.115. The fraction of sp³-hybridized carbons (Fsp3) is 0.125. The van der Waals surface area contributed by atoms with Gasteiger partial charge in [-0.15, -0.1) is 0 Å². The van der Waals surface area contributed by atoms with Crippen LogP contribution in [-0.2, 0) is 19.3 Å². The first-order valence-corrected chi connectivity index (χ1v) is 12.3. The Labute approximate surface area is 195 Å². The third-order valence-electron chi connectivity index (χ3n) is 5.32. The molecule has 172 valence electrons. The Bertz CT molecular complexity index is 1560. The number of nitrogens with zero attached hydrogens (tertiary/aromatic N) is 4. The average Bonchev–Trinajstić information content (AvgIpc) is 3.34. The van der Waals surface area contributed by atoms with Gasteiger partial charge in [-0.1, -0.05) is 24.3 Å². The van der Waals surface area contributed by atoms with Crippen LogP contribution in [0.3, 0.4) is 0 Å². The molecule has 0 fully saturated rings. The first-order chi connectivity index (χ1) is 16.4. The van der Waals surface area contributed by atoms with Gasteiger partial charge in [0.05, 0.1) is 16.8 Å². The third kappa shape index (κ3) is 4.23. The topological polar surface area (TPSA) is 105 Å². The lowest BCUT2D eigenvalue weighted by molar-refractivity contribution is 0.265. The maximum atomic E-state index is 12.7. The molecule has 1 aliphatic carbocycles. The maximum Gasteiger partial charge on any atom is 0.256 e. The van der Waals surface area contributed by atoms with E-state index in [4.69, 9.17) is 9.47 Å². The Balaban J connectivity index is 1.48. The summed E-state index contributed by atoms with van der Waals surface area (Å²) in [6.07, 6.45) is 14.9. The Morgan fingerprint density at radius 1 is 1.09 bits per heavy atom. The number of ether oxygens (including phenoxy) is 2. The number of rotatable bonds is 5. The van der Waals surface area contributed by atoms with Crippen LogP contribution >= 0.6 is 0 Å². The van der Waals surface area contributed by atoms with Crippen LogP contribution in [-0.4, -0.2) is 34.2 Å². The quantitative estimate of drug-likeness (QED) is 0.556. The molecular weight excluding hydrogens is 456 g/mol. The van der Waals surface area contributed by atoms with Gasteiger partial charge in [0.2, 0.25) is 5.43 Å². The first kappa shape index (κ1) is 21.7. The van der Waals surface area contributed by atoms with Gasteiger partial charge >= 0.3 is 0 Å². The van der Waals surface area contributed by atoms with E-state index < -0.39 is 9.84 Å². The molecular formula is C24H20N4O5S. The zero-order chi connectivity index (χ0) is 23.7. The molecule has 1 aromatic carbocycles. The van der Waals surface area contributed by atoms with E-state index in [1.54, 1.807) is 18.2 Å². The molecule has 2 aliphatic rings. The fourth-order valence-electron chi connectivity index (χ4n) is 3.59. The van der Waals surface area contributed by atoms with E-state index in [1.165, 1.54) is 52.5 Å². The highest BCUT2D eigenvalue weighted by molar-refractivity contribution is 7.90. The van der Waals surface area contributed by atoms with Crippen molar-refractivity contribution in [2.75, 3.05) is 6.26 Å². The molecule has 0 bridgehead atoms. The van der Waals surface area contributed by atoms with Crippen LogP contribution in [0.4, 0.5) is 0 Å². The van der Waals surface area contributed by atoms with E-state index in [0.29, 0.717) is 17.1 Å². The highest BCUT2D eigenvalue weighted by atomic mass is 32.2. The number of hydrogen-bond donors (Lipinski definition) is 0. The summed E-state index contributed by atoms with van der Waals surface area (Å²) in [6.45, 7) is 0. The van der Waals surface area contributed by atoms with Crippen molar-refractivity contribution in [3.05, 3.63) is 101 Å². The lowest BCUT2D eigenvalue weighted by Gasteiger charge is -2.18. The Morgan fingerprint density at radius 2 is 1.97 bits per heavy atom. The zero-order valence-corrected chi connectivity index (χ0v) is 19.0. The van der Waals surface area contributed by atoms with Crippen LogP contribution in [0.2, 0.25) is 0 Å². The van der Waals surface area contributed by atoms with Gasteiger partial charge < -0.3 is 9.47 Å². The molecule has 0 spiro atoms. The van der Waals surface area contributed by atoms with E-state index in [1.807, 2.05) is 12.2 Å². The maximum absolute atomic E-state index is 12.7.